The normalized spacial score (nSPS) is 27.5. The quantitative estimate of drug-likeness (QED) is 0.749. The minimum Gasteiger partial charge on any atom is -0.352 e. The zero-order valence-corrected chi connectivity index (χ0v) is 10.2. The van der Waals surface area contributed by atoms with E-state index in [1.54, 1.807) is 13.8 Å². The highest BCUT2D eigenvalue weighted by atomic mass is 16.2. The number of hydrogen-bond donors (Lipinski definition) is 2. The van der Waals surface area contributed by atoms with Crippen molar-refractivity contribution in [1.82, 2.24) is 5.32 Å². The number of nitrogens with two attached hydrogens (primary N) is 1. The van der Waals surface area contributed by atoms with Gasteiger partial charge in [-0.15, -0.1) is 0 Å². The fourth-order valence-electron chi connectivity index (χ4n) is 2.16. The van der Waals surface area contributed by atoms with E-state index in [1.807, 2.05) is 0 Å². The summed E-state index contributed by atoms with van der Waals surface area (Å²) in [5, 5.41) is 3.06. The molecular formula is C12H24N2O. The highest BCUT2D eigenvalue weighted by molar-refractivity contribution is 5.85. The lowest BCUT2D eigenvalue weighted by molar-refractivity contribution is -0.126. The van der Waals surface area contributed by atoms with Gasteiger partial charge in [0.1, 0.15) is 0 Å². The Bertz CT molecular complexity index is 220. The maximum absolute atomic E-state index is 11.7. The van der Waals surface area contributed by atoms with Crippen molar-refractivity contribution >= 4 is 5.91 Å². The molecule has 0 aromatic carbocycles. The topological polar surface area (TPSA) is 55.1 Å². The molecule has 1 aliphatic carbocycles. The minimum absolute atomic E-state index is 0.0238. The highest BCUT2D eigenvalue weighted by Crippen LogP contribution is 2.26. The predicted octanol–water partition coefficient (Wildman–Crippen LogP) is 1.81. The summed E-state index contributed by atoms with van der Waals surface area (Å²) in [5.74, 6) is 0.759. The maximum atomic E-state index is 11.7. The first-order valence-electron chi connectivity index (χ1n) is 6.03. The van der Waals surface area contributed by atoms with Crippen molar-refractivity contribution in [2.45, 2.75) is 64.5 Å². The number of rotatable bonds is 3. The Labute approximate surface area is 92.8 Å². The van der Waals surface area contributed by atoms with Gasteiger partial charge in [0.25, 0.3) is 0 Å². The monoisotopic (exact) mass is 212 g/mol. The van der Waals surface area contributed by atoms with Gasteiger partial charge in [0, 0.05) is 6.04 Å². The van der Waals surface area contributed by atoms with E-state index in [2.05, 4.69) is 12.2 Å². The zero-order chi connectivity index (χ0) is 11.5. The molecule has 88 valence electrons. The molecule has 1 aliphatic rings. The van der Waals surface area contributed by atoms with Crippen LogP contribution in [0.5, 0.6) is 0 Å². The average Bonchev–Trinajstić information content (AvgIpc) is 2.16. The van der Waals surface area contributed by atoms with Gasteiger partial charge in [0.05, 0.1) is 5.54 Å². The van der Waals surface area contributed by atoms with Crippen LogP contribution in [0.1, 0.15) is 52.9 Å². The van der Waals surface area contributed by atoms with E-state index in [0.29, 0.717) is 6.04 Å². The molecule has 1 rings (SSSR count). The van der Waals surface area contributed by atoms with Crippen LogP contribution in [0, 0.1) is 5.92 Å². The summed E-state index contributed by atoms with van der Waals surface area (Å²) in [6.45, 7) is 5.73. The molecule has 0 aromatic rings. The fraction of sp³-hybridized carbons (Fsp3) is 0.917. The summed E-state index contributed by atoms with van der Waals surface area (Å²) in [6.07, 6.45) is 6.00. The Morgan fingerprint density at radius 3 is 2.67 bits per heavy atom. The van der Waals surface area contributed by atoms with Crippen molar-refractivity contribution in [3.63, 3.8) is 0 Å². The SMILES string of the molecule is CCC1CCCC(NC(=O)C(C)(C)N)C1. The van der Waals surface area contributed by atoms with Crippen LogP contribution in [-0.2, 0) is 4.79 Å². The average molecular weight is 212 g/mol. The lowest BCUT2D eigenvalue weighted by atomic mass is 9.84. The van der Waals surface area contributed by atoms with Crippen LogP contribution in [0.4, 0.5) is 0 Å². The van der Waals surface area contributed by atoms with Gasteiger partial charge >= 0.3 is 0 Å². The number of hydrogen-bond acceptors (Lipinski definition) is 2. The Balaban J connectivity index is 2.41. The number of carbonyl (C=O) groups excluding carboxylic acids is 1. The van der Waals surface area contributed by atoms with Crippen molar-refractivity contribution in [1.29, 1.82) is 0 Å². The van der Waals surface area contributed by atoms with E-state index in [9.17, 15) is 4.79 Å². The van der Waals surface area contributed by atoms with Crippen molar-refractivity contribution < 1.29 is 4.79 Å². The number of amides is 1. The van der Waals surface area contributed by atoms with Gasteiger partial charge in [0.2, 0.25) is 5.91 Å². The third kappa shape index (κ3) is 3.82. The molecule has 3 heteroatoms. The summed E-state index contributed by atoms with van der Waals surface area (Å²) in [4.78, 5) is 11.7. The van der Waals surface area contributed by atoms with Crippen LogP contribution in [0.2, 0.25) is 0 Å². The molecule has 3 nitrogen and oxygen atoms in total. The molecule has 2 atom stereocenters. The van der Waals surface area contributed by atoms with Crippen LogP contribution >= 0.6 is 0 Å². The molecule has 0 heterocycles. The Kier molecular flexibility index (Phi) is 4.14. The molecule has 3 N–H and O–H groups in total. The first kappa shape index (κ1) is 12.5. The molecule has 1 fully saturated rings. The summed E-state index contributed by atoms with van der Waals surface area (Å²) >= 11 is 0. The van der Waals surface area contributed by atoms with E-state index in [-0.39, 0.29) is 5.91 Å². The number of nitrogens with one attached hydrogen (secondary N) is 1. The molecule has 1 amide bonds. The van der Waals surface area contributed by atoms with Crippen LogP contribution in [0.15, 0.2) is 0 Å². The Hall–Kier alpha value is -0.570. The molecule has 0 radical (unpaired) electrons. The molecule has 0 bridgehead atoms. The van der Waals surface area contributed by atoms with Gasteiger partial charge in [-0.25, -0.2) is 0 Å². The van der Waals surface area contributed by atoms with Crippen molar-refractivity contribution in [3.8, 4) is 0 Å². The summed E-state index contributed by atoms with van der Waals surface area (Å²) < 4.78 is 0. The molecular weight excluding hydrogens is 188 g/mol. The van der Waals surface area contributed by atoms with E-state index in [4.69, 9.17) is 5.73 Å². The van der Waals surface area contributed by atoms with Crippen LogP contribution in [-0.4, -0.2) is 17.5 Å². The van der Waals surface area contributed by atoms with Crippen molar-refractivity contribution in [3.05, 3.63) is 0 Å². The number of carbonyl (C=O) groups is 1. The third-order valence-corrected chi connectivity index (χ3v) is 3.28. The van der Waals surface area contributed by atoms with Gasteiger partial charge in [-0.05, 0) is 32.6 Å². The van der Waals surface area contributed by atoms with Crippen LogP contribution < -0.4 is 11.1 Å². The van der Waals surface area contributed by atoms with Crippen molar-refractivity contribution in [2.24, 2.45) is 11.7 Å². The second kappa shape index (κ2) is 4.97. The van der Waals surface area contributed by atoms with E-state index < -0.39 is 5.54 Å². The third-order valence-electron chi connectivity index (χ3n) is 3.28. The van der Waals surface area contributed by atoms with E-state index in [1.165, 1.54) is 19.3 Å². The predicted molar refractivity (Wildman–Crippen MR) is 62.4 cm³/mol. The van der Waals surface area contributed by atoms with E-state index >= 15 is 0 Å². The largest absolute Gasteiger partial charge is 0.352 e. The lowest BCUT2D eigenvalue weighted by Crippen LogP contribution is -2.52. The van der Waals surface area contributed by atoms with E-state index in [0.717, 1.165) is 18.8 Å². The smallest absolute Gasteiger partial charge is 0.239 e. The Morgan fingerprint density at radius 2 is 2.13 bits per heavy atom. The fourth-order valence-corrected chi connectivity index (χ4v) is 2.16. The van der Waals surface area contributed by atoms with Crippen LogP contribution in [0.3, 0.4) is 0 Å². The molecule has 0 saturated heterocycles. The molecule has 0 aromatic heterocycles. The first-order chi connectivity index (χ1) is 6.93. The minimum atomic E-state index is -0.751. The molecule has 0 aliphatic heterocycles. The molecule has 1 saturated carbocycles. The summed E-state index contributed by atoms with van der Waals surface area (Å²) in [6, 6.07) is 0.346. The van der Waals surface area contributed by atoms with Gasteiger partial charge in [-0.2, -0.15) is 0 Å². The second-order valence-electron chi connectivity index (χ2n) is 5.33. The summed E-state index contributed by atoms with van der Waals surface area (Å²) in [5.41, 5.74) is 5.00. The first-order valence-corrected chi connectivity index (χ1v) is 6.03. The van der Waals surface area contributed by atoms with Crippen LogP contribution in [0.25, 0.3) is 0 Å². The molecule has 15 heavy (non-hydrogen) atoms. The highest BCUT2D eigenvalue weighted by Gasteiger charge is 2.27. The van der Waals surface area contributed by atoms with Gasteiger partial charge in [-0.1, -0.05) is 26.2 Å². The zero-order valence-electron chi connectivity index (χ0n) is 10.2. The molecule has 2 unspecified atom stereocenters. The maximum Gasteiger partial charge on any atom is 0.239 e. The summed E-state index contributed by atoms with van der Waals surface area (Å²) in [7, 11) is 0. The second-order valence-corrected chi connectivity index (χ2v) is 5.33. The van der Waals surface area contributed by atoms with Crippen molar-refractivity contribution in [2.75, 3.05) is 0 Å². The Morgan fingerprint density at radius 1 is 1.47 bits per heavy atom. The standard InChI is InChI=1S/C12H24N2O/c1-4-9-6-5-7-10(8-9)14-11(15)12(2,3)13/h9-10H,4-8,13H2,1-3H3,(H,14,15). The van der Waals surface area contributed by atoms with Gasteiger partial charge in [0.15, 0.2) is 0 Å². The lowest BCUT2D eigenvalue weighted by Gasteiger charge is -2.31. The van der Waals surface area contributed by atoms with Gasteiger partial charge in [-0.3, -0.25) is 4.79 Å². The molecule has 0 spiro atoms. The van der Waals surface area contributed by atoms with Gasteiger partial charge < -0.3 is 11.1 Å².